The van der Waals surface area contributed by atoms with Crippen LogP contribution in [0.25, 0.3) is 0 Å². The van der Waals surface area contributed by atoms with E-state index in [9.17, 15) is 10.2 Å². The summed E-state index contributed by atoms with van der Waals surface area (Å²) in [4.78, 5) is 11.3. The number of piperidine rings is 1. The summed E-state index contributed by atoms with van der Waals surface area (Å²) in [5.74, 6) is 1.51. The average molecular weight is 372 g/mol. The summed E-state index contributed by atoms with van der Waals surface area (Å²) in [6.45, 7) is 6.45. The van der Waals surface area contributed by atoms with Crippen LogP contribution in [-0.2, 0) is 0 Å². The van der Waals surface area contributed by atoms with Crippen molar-refractivity contribution < 1.29 is 14.9 Å². The first-order valence-electron chi connectivity index (χ1n) is 9.40. The Morgan fingerprint density at radius 1 is 1.19 bits per heavy atom. The predicted octanol–water partition coefficient (Wildman–Crippen LogP) is 1.80. The van der Waals surface area contributed by atoms with Gasteiger partial charge in [0.25, 0.3) is 0 Å². The number of anilines is 1. The van der Waals surface area contributed by atoms with Crippen molar-refractivity contribution in [2.75, 3.05) is 31.1 Å². The van der Waals surface area contributed by atoms with Gasteiger partial charge < -0.3 is 25.2 Å². The molecule has 2 aromatic rings. The molecule has 27 heavy (non-hydrogen) atoms. The van der Waals surface area contributed by atoms with E-state index in [1.165, 1.54) is 6.07 Å². The highest BCUT2D eigenvalue weighted by atomic mass is 16.5. The van der Waals surface area contributed by atoms with Crippen LogP contribution in [0.1, 0.15) is 24.2 Å². The molecule has 7 nitrogen and oxygen atoms in total. The maximum absolute atomic E-state index is 10.1. The maximum atomic E-state index is 10.1. The summed E-state index contributed by atoms with van der Waals surface area (Å²) >= 11 is 0. The van der Waals surface area contributed by atoms with Gasteiger partial charge in [0, 0.05) is 43.1 Å². The molecule has 1 saturated heterocycles. The second-order valence-corrected chi connectivity index (χ2v) is 7.08. The van der Waals surface area contributed by atoms with E-state index < -0.39 is 6.10 Å². The molecule has 1 aromatic carbocycles. The molecule has 0 saturated carbocycles. The van der Waals surface area contributed by atoms with Gasteiger partial charge in [0.2, 0.25) is 5.95 Å². The Labute approximate surface area is 160 Å². The highest BCUT2D eigenvalue weighted by Crippen LogP contribution is 2.18. The number of phenols is 1. The number of hydrogen-bond acceptors (Lipinski definition) is 7. The third-order valence-electron chi connectivity index (χ3n) is 4.65. The first-order chi connectivity index (χ1) is 13.0. The monoisotopic (exact) mass is 372 g/mol. The van der Waals surface area contributed by atoms with Crippen molar-refractivity contribution in [1.29, 1.82) is 0 Å². The zero-order chi connectivity index (χ0) is 19.2. The molecule has 1 fully saturated rings. The number of nitrogens with one attached hydrogen (secondary N) is 1. The first-order valence-corrected chi connectivity index (χ1v) is 9.40. The molecule has 0 aliphatic carbocycles. The number of aliphatic hydroxyl groups is 1. The SMILES string of the molecule is Cc1cc(C)nc(N2CCC(NCC(O)COc3cccc(O)c3)CC2)n1. The molecule has 3 N–H and O–H groups in total. The van der Waals surface area contributed by atoms with E-state index >= 15 is 0 Å². The Hall–Kier alpha value is -2.38. The molecular weight excluding hydrogens is 344 g/mol. The van der Waals surface area contributed by atoms with Crippen molar-refractivity contribution in [2.45, 2.75) is 38.8 Å². The van der Waals surface area contributed by atoms with Crippen LogP contribution in [0.15, 0.2) is 30.3 Å². The lowest BCUT2D eigenvalue weighted by atomic mass is 10.1. The molecule has 0 radical (unpaired) electrons. The molecule has 3 rings (SSSR count). The fraction of sp³-hybridized carbons (Fsp3) is 0.500. The lowest BCUT2D eigenvalue weighted by molar-refractivity contribution is 0.102. The maximum Gasteiger partial charge on any atom is 0.225 e. The number of rotatable bonds is 7. The van der Waals surface area contributed by atoms with Crippen molar-refractivity contribution in [3.8, 4) is 11.5 Å². The smallest absolute Gasteiger partial charge is 0.225 e. The van der Waals surface area contributed by atoms with Gasteiger partial charge in [-0.15, -0.1) is 0 Å². The second-order valence-electron chi connectivity index (χ2n) is 7.08. The van der Waals surface area contributed by atoms with E-state index in [1.54, 1.807) is 18.2 Å². The summed E-state index contributed by atoms with van der Waals surface area (Å²) < 4.78 is 5.51. The fourth-order valence-corrected chi connectivity index (χ4v) is 3.26. The number of aliphatic hydroxyl groups excluding tert-OH is 1. The molecule has 1 unspecified atom stereocenters. The van der Waals surface area contributed by atoms with Crippen molar-refractivity contribution in [3.05, 3.63) is 41.7 Å². The van der Waals surface area contributed by atoms with E-state index in [4.69, 9.17) is 4.74 Å². The minimum Gasteiger partial charge on any atom is -0.508 e. The van der Waals surface area contributed by atoms with Crippen LogP contribution >= 0.6 is 0 Å². The van der Waals surface area contributed by atoms with E-state index in [1.807, 2.05) is 19.9 Å². The Bertz CT molecular complexity index is 728. The summed E-state index contributed by atoms with van der Waals surface area (Å²) in [6.07, 6.45) is 1.36. The molecule has 0 amide bonds. The van der Waals surface area contributed by atoms with Gasteiger partial charge in [0.15, 0.2) is 0 Å². The summed E-state index contributed by atoms with van der Waals surface area (Å²) in [5, 5.41) is 23.0. The minimum absolute atomic E-state index is 0.152. The molecule has 1 aliphatic heterocycles. The van der Waals surface area contributed by atoms with Gasteiger partial charge in [0.1, 0.15) is 24.2 Å². The zero-order valence-corrected chi connectivity index (χ0v) is 15.9. The van der Waals surface area contributed by atoms with Crippen LogP contribution < -0.4 is 15.0 Å². The number of ether oxygens (including phenoxy) is 1. The van der Waals surface area contributed by atoms with Crippen molar-refractivity contribution in [1.82, 2.24) is 15.3 Å². The van der Waals surface area contributed by atoms with Gasteiger partial charge in [-0.2, -0.15) is 0 Å². The summed E-state index contributed by atoms with van der Waals surface area (Å²) in [5.41, 5.74) is 1.99. The predicted molar refractivity (Wildman–Crippen MR) is 104 cm³/mol. The first kappa shape index (κ1) is 19.4. The molecule has 146 valence electrons. The Morgan fingerprint density at radius 3 is 2.56 bits per heavy atom. The second kappa shape index (κ2) is 9.01. The Balaban J connectivity index is 1.39. The molecular formula is C20H28N4O3. The van der Waals surface area contributed by atoms with Gasteiger partial charge in [-0.3, -0.25) is 0 Å². The van der Waals surface area contributed by atoms with Crippen molar-refractivity contribution >= 4 is 5.95 Å². The average Bonchev–Trinajstić information content (AvgIpc) is 2.64. The Morgan fingerprint density at radius 2 is 1.89 bits per heavy atom. The van der Waals surface area contributed by atoms with Crippen LogP contribution in [-0.4, -0.2) is 58.6 Å². The topological polar surface area (TPSA) is 90.7 Å². The Kier molecular flexibility index (Phi) is 6.47. The molecule has 7 heteroatoms. The van der Waals surface area contributed by atoms with E-state index in [-0.39, 0.29) is 12.4 Å². The van der Waals surface area contributed by atoms with Gasteiger partial charge in [0.05, 0.1) is 0 Å². The van der Waals surface area contributed by atoms with Gasteiger partial charge in [-0.25, -0.2) is 9.97 Å². The quantitative estimate of drug-likeness (QED) is 0.683. The third-order valence-corrected chi connectivity index (χ3v) is 4.65. The lowest BCUT2D eigenvalue weighted by Crippen LogP contribution is -2.45. The molecule has 2 heterocycles. The van der Waals surface area contributed by atoms with Crippen LogP contribution in [0.5, 0.6) is 11.5 Å². The van der Waals surface area contributed by atoms with Gasteiger partial charge in [-0.1, -0.05) is 6.07 Å². The molecule has 0 spiro atoms. The number of aryl methyl sites for hydroxylation is 2. The number of aromatic nitrogens is 2. The number of phenolic OH excluding ortho intramolecular Hbond substituents is 1. The number of hydrogen-bond donors (Lipinski definition) is 3. The highest BCUT2D eigenvalue weighted by molar-refractivity contribution is 5.33. The number of nitrogens with zero attached hydrogens (tertiary/aromatic N) is 3. The van der Waals surface area contributed by atoms with Crippen molar-refractivity contribution in [3.63, 3.8) is 0 Å². The number of benzene rings is 1. The third kappa shape index (κ3) is 5.80. The van der Waals surface area contributed by atoms with Crippen LogP contribution in [0.4, 0.5) is 5.95 Å². The van der Waals surface area contributed by atoms with Crippen LogP contribution in [0.2, 0.25) is 0 Å². The molecule has 1 aromatic heterocycles. The molecule has 0 bridgehead atoms. The molecule has 1 aliphatic rings. The fourth-order valence-electron chi connectivity index (χ4n) is 3.26. The van der Waals surface area contributed by atoms with E-state index in [0.717, 1.165) is 43.3 Å². The van der Waals surface area contributed by atoms with Gasteiger partial charge in [-0.05, 0) is 44.9 Å². The van der Waals surface area contributed by atoms with Gasteiger partial charge >= 0.3 is 0 Å². The van der Waals surface area contributed by atoms with E-state index in [0.29, 0.717) is 18.3 Å². The summed E-state index contributed by atoms with van der Waals surface area (Å²) in [6, 6.07) is 8.93. The largest absolute Gasteiger partial charge is 0.508 e. The minimum atomic E-state index is -0.604. The zero-order valence-electron chi connectivity index (χ0n) is 15.9. The number of aromatic hydroxyl groups is 1. The highest BCUT2D eigenvalue weighted by Gasteiger charge is 2.21. The molecule has 1 atom stereocenters. The lowest BCUT2D eigenvalue weighted by Gasteiger charge is -2.33. The van der Waals surface area contributed by atoms with Crippen LogP contribution in [0, 0.1) is 13.8 Å². The van der Waals surface area contributed by atoms with Crippen LogP contribution in [0.3, 0.4) is 0 Å². The standard InChI is InChI=1S/C20H28N4O3/c1-14-10-15(2)23-20(22-14)24-8-6-16(7-9-24)21-12-18(26)13-27-19-5-3-4-17(25)11-19/h3-5,10-11,16,18,21,25-26H,6-9,12-13H2,1-2H3. The summed E-state index contributed by atoms with van der Waals surface area (Å²) in [7, 11) is 0. The van der Waals surface area contributed by atoms with Crippen molar-refractivity contribution in [2.24, 2.45) is 0 Å². The van der Waals surface area contributed by atoms with E-state index in [2.05, 4.69) is 20.2 Å². The normalized spacial score (nSPS) is 16.3.